The molecule has 0 aromatic heterocycles. The zero-order valence-electron chi connectivity index (χ0n) is 12.4. The van der Waals surface area contributed by atoms with Crippen LogP contribution in [-0.4, -0.2) is 36.0 Å². The summed E-state index contributed by atoms with van der Waals surface area (Å²) in [5, 5.41) is 0. The number of benzene rings is 1. The molecule has 114 valence electrons. The van der Waals surface area contributed by atoms with Crippen LogP contribution in [0.25, 0.3) is 0 Å². The number of nitrogens with two attached hydrogens (primary N) is 1. The SMILES string of the molecule is CCOC(=O)C1CCCN1C(=O)CCc1ccc(N)cc1. The Labute approximate surface area is 125 Å². The van der Waals surface area contributed by atoms with Crippen LogP contribution in [0.5, 0.6) is 0 Å². The van der Waals surface area contributed by atoms with E-state index in [0.717, 1.165) is 12.0 Å². The van der Waals surface area contributed by atoms with Crippen molar-refractivity contribution < 1.29 is 14.3 Å². The van der Waals surface area contributed by atoms with Gasteiger partial charge in [-0.1, -0.05) is 12.1 Å². The van der Waals surface area contributed by atoms with Gasteiger partial charge in [0, 0.05) is 18.7 Å². The second-order valence-corrected chi connectivity index (χ2v) is 5.24. The summed E-state index contributed by atoms with van der Waals surface area (Å²) in [6, 6.07) is 7.11. The molecule has 1 atom stereocenters. The van der Waals surface area contributed by atoms with E-state index in [0.29, 0.717) is 38.1 Å². The minimum absolute atomic E-state index is 0.0161. The van der Waals surface area contributed by atoms with Gasteiger partial charge >= 0.3 is 5.97 Å². The van der Waals surface area contributed by atoms with E-state index >= 15 is 0 Å². The number of rotatable bonds is 5. The van der Waals surface area contributed by atoms with Gasteiger partial charge in [0.25, 0.3) is 0 Å². The van der Waals surface area contributed by atoms with Crippen LogP contribution in [0.4, 0.5) is 5.69 Å². The fourth-order valence-corrected chi connectivity index (χ4v) is 2.63. The molecule has 2 rings (SSSR count). The van der Waals surface area contributed by atoms with Gasteiger partial charge in [0.2, 0.25) is 5.91 Å². The molecule has 1 aromatic carbocycles. The number of anilines is 1. The molecule has 0 spiro atoms. The number of carbonyl (C=O) groups excluding carboxylic acids is 2. The second kappa shape index (κ2) is 7.11. The first-order chi connectivity index (χ1) is 10.1. The van der Waals surface area contributed by atoms with Crippen molar-refractivity contribution in [1.82, 2.24) is 4.90 Å². The predicted octanol–water partition coefficient (Wildman–Crippen LogP) is 1.76. The maximum atomic E-state index is 12.3. The highest BCUT2D eigenvalue weighted by Crippen LogP contribution is 2.20. The second-order valence-electron chi connectivity index (χ2n) is 5.24. The summed E-state index contributed by atoms with van der Waals surface area (Å²) in [4.78, 5) is 25.8. The molecule has 1 fully saturated rings. The Hall–Kier alpha value is -2.04. The normalized spacial score (nSPS) is 17.8. The van der Waals surface area contributed by atoms with Gasteiger partial charge in [-0.15, -0.1) is 0 Å². The van der Waals surface area contributed by atoms with E-state index in [1.165, 1.54) is 0 Å². The largest absolute Gasteiger partial charge is 0.464 e. The van der Waals surface area contributed by atoms with Gasteiger partial charge in [-0.2, -0.15) is 0 Å². The Kier molecular flexibility index (Phi) is 5.20. The summed E-state index contributed by atoms with van der Waals surface area (Å²) >= 11 is 0. The van der Waals surface area contributed by atoms with Crippen molar-refractivity contribution in [3.63, 3.8) is 0 Å². The summed E-state index contributed by atoms with van der Waals surface area (Å²) in [5.41, 5.74) is 7.42. The number of nitrogen functional groups attached to an aromatic ring is 1. The van der Waals surface area contributed by atoms with Crippen molar-refractivity contribution in [2.75, 3.05) is 18.9 Å². The molecule has 0 aliphatic carbocycles. The van der Waals surface area contributed by atoms with Crippen LogP contribution in [0, 0.1) is 0 Å². The molecule has 0 radical (unpaired) electrons. The standard InChI is InChI=1S/C16H22N2O3/c1-2-21-16(20)14-4-3-11-18(14)15(19)10-7-12-5-8-13(17)9-6-12/h5-6,8-9,14H,2-4,7,10-11,17H2,1H3. The Morgan fingerprint density at radius 3 is 2.71 bits per heavy atom. The highest BCUT2D eigenvalue weighted by molar-refractivity contribution is 5.85. The molecular formula is C16H22N2O3. The lowest BCUT2D eigenvalue weighted by Gasteiger charge is -2.23. The van der Waals surface area contributed by atoms with Gasteiger partial charge in [0.05, 0.1) is 6.61 Å². The molecule has 5 heteroatoms. The molecule has 1 aliphatic rings. The van der Waals surface area contributed by atoms with E-state index in [1.54, 1.807) is 11.8 Å². The van der Waals surface area contributed by atoms with Crippen LogP contribution in [0.15, 0.2) is 24.3 Å². The molecule has 1 aromatic rings. The minimum Gasteiger partial charge on any atom is -0.464 e. The third kappa shape index (κ3) is 3.97. The zero-order chi connectivity index (χ0) is 15.2. The van der Waals surface area contributed by atoms with Gasteiger partial charge < -0.3 is 15.4 Å². The fraction of sp³-hybridized carbons (Fsp3) is 0.500. The summed E-state index contributed by atoms with van der Waals surface area (Å²) < 4.78 is 5.04. The van der Waals surface area contributed by atoms with Gasteiger partial charge in [0.15, 0.2) is 0 Å². The van der Waals surface area contributed by atoms with E-state index in [9.17, 15) is 9.59 Å². The maximum absolute atomic E-state index is 12.3. The van der Waals surface area contributed by atoms with Gasteiger partial charge in [0.1, 0.15) is 6.04 Å². The molecule has 0 bridgehead atoms. The molecule has 1 heterocycles. The molecule has 2 N–H and O–H groups in total. The number of esters is 1. The molecule has 5 nitrogen and oxygen atoms in total. The van der Waals surface area contributed by atoms with Crippen LogP contribution in [0.1, 0.15) is 31.7 Å². The van der Waals surface area contributed by atoms with Crippen LogP contribution in [0.3, 0.4) is 0 Å². The number of hydrogen-bond acceptors (Lipinski definition) is 4. The van der Waals surface area contributed by atoms with Crippen molar-refractivity contribution in [2.24, 2.45) is 0 Å². The van der Waals surface area contributed by atoms with E-state index < -0.39 is 6.04 Å². The first-order valence-electron chi connectivity index (χ1n) is 7.42. The van der Waals surface area contributed by atoms with E-state index in [4.69, 9.17) is 10.5 Å². The van der Waals surface area contributed by atoms with E-state index in [2.05, 4.69) is 0 Å². The van der Waals surface area contributed by atoms with Crippen molar-refractivity contribution in [2.45, 2.75) is 38.6 Å². The number of hydrogen-bond donors (Lipinski definition) is 1. The van der Waals surface area contributed by atoms with Crippen LogP contribution >= 0.6 is 0 Å². The number of aryl methyl sites for hydroxylation is 1. The molecule has 1 amide bonds. The Morgan fingerprint density at radius 1 is 1.33 bits per heavy atom. The van der Waals surface area contributed by atoms with Crippen LogP contribution in [0.2, 0.25) is 0 Å². The monoisotopic (exact) mass is 290 g/mol. The lowest BCUT2D eigenvalue weighted by molar-refractivity contribution is -0.153. The van der Waals surface area contributed by atoms with Crippen molar-refractivity contribution in [3.8, 4) is 0 Å². The summed E-state index contributed by atoms with van der Waals surface area (Å²) in [5.74, 6) is -0.266. The van der Waals surface area contributed by atoms with E-state index in [-0.39, 0.29) is 11.9 Å². The summed E-state index contributed by atoms with van der Waals surface area (Å²) in [6.07, 6.45) is 2.62. The minimum atomic E-state index is -0.399. The van der Waals surface area contributed by atoms with Crippen LogP contribution in [-0.2, 0) is 20.7 Å². The summed E-state index contributed by atoms with van der Waals surface area (Å²) in [7, 11) is 0. The Bertz CT molecular complexity index is 499. The Balaban J connectivity index is 1.90. The average Bonchev–Trinajstić information content (AvgIpc) is 2.96. The number of nitrogens with zero attached hydrogens (tertiary/aromatic N) is 1. The van der Waals surface area contributed by atoms with Crippen molar-refractivity contribution in [1.29, 1.82) is 0 Å². The van der Waals surface area contributed by atoms with Crippen molar-refractivity contribution >= 4 is 17.6 Å². The lowest BCUT2D eigenvalue weighted by Crippen LogP contribution is -2.41. The first kappa shape index (κ1) is 15.4. The molecule has 1 unspecified atom stereocenters. The molecule has 1 aliphatic heterocycles. The van der Waals surface area contributed by atoms with Crippen molar-refractivity contribution in [3.05, 3.63) is 29.8 Å². The number of carbonyl (C=O) groups is 2. The smallest absolute Gasteiger partial charge is 0.328 e. The third-order valence-electron chi connectivity index (χ3n) is 3.74. The highest BCUT2D eigenvalue weighted by Gasteiger charge is 2.34. The molecular weight excluding hydrogens is 268 g/mol. The zero-order valence-corrected chi connectivity index (χ0v) is 12.4. The van der Waals surface area contributed by atoms with Gasteiger partial charge in [-0.25, -0.2) is 4.79 Å². The average molecular weight is 290 g/mol. The van der Waals surface area contributed by atoms with Crippen LogP contribution < -0.4 is 5.73 Å². The first-order valence-corrected chi connectivity index (χ1v) is 7.42. The quantitative estimate of drug-likeness (QED) is 0.662. The highest BCUT2D eigenvalue weighted by atomic mass is 16.5. The number of ether oxygens (including phenoxy) is 1. The Morgan fingerprint density at radius 2 is 2.05 bits per heavy atom. The van der Waals surface area contributed by atoms with Gasteiger partial charge in [-0.05, 0) is 43.9 Å². The topological polar surface area (TPSA) is 72.6 Å². The number of amides is 1. The lowest BCUT2D eigenvalue weighted by atomic mass is 10.1. The maximum Gasteiger partial charge on any atom is 0.328 e. The summed E-state index contributed by atoms with van der Waals surface area (Å²) in [6.45, 7) is 2.77. The third-order valence-corrected chi connectivity index (χ3v) is 3.74. The predicted molar refractivity (Wildman–Crippen MR) is 80.5 cm³/mol. The molecule has 0 saturated carbocycles. The van der Waals surface area contributed by atoms with Gasteiger partial charge in [-0.3, -0.25) is 4.79 Å². The fourth-order valence-electron chi connectivity index (χ4n) is 2.63. The van der Waals surface area contributed by atoms with E-state index in [1.807, 2.05) is 24.3 Å². The number of likely N-dealkylation sites (tertiary alicyclic amines) is 1. The molecule has 21 heavy (non-hydrogen) atoms. The molecule has 1 saturated heterocycles.